The summed E-state index contributed by atoms with van der Waals surface area (Å²) in [6.07, 6.45) is 2.43. The second-order valence-corrected chi connectivity index (χ2v) is 8.52. The normalized spacial score (nSPS) is 22.1. The maximum atomic E-state index is 11.6. The van der Waals surface area contributed by atoms with Gasteiger partial charge in [0, 0.05) is 24.3 Å². The van der Waals surface area contributed by atoms with Crippen LogP contribution < -0.4 is 0 Å². The van der Waals surface area contributed by atoms with Gasteiger partial charge in [-0.1, -0.05) is 42.5 Å². The van der Waals surface area contributed by atoms with E-state index in [-0.39, 0.29) is 6.04 Å². The number of nitrogens with zero attached hydrogens (tertiary/aromatic N) is 1. The topological polar surface area (TPSA) is 37.4 Å². The van der Waals surface area contributed by atoms with E-state index < -0.39 is 9.84 Å². The van der Waals surface area contributed by atoms with Gasteiger partial charge in [-0.15, -0.1) is 0 Å². The fraction of sp³-hybridized carbons (Fsp3) is 0.368. The molecule has 0 amide bonds. The van der Waals surface area contributed by atoms with Crippen LogP contribution in [-0.4, -0.2) is 32.7 Å². The average molecular weight is 329 g/mol. The van der Waals surface area contributed by atoms with Crippen LogP contribution in [0.15, 0.2) is 59.5 Å². The van der Waals surface area contributed by atoms with Gasteiger partial charge in [0.1, 0.15) is 0 Å². The van der Waals surface area contributed by atoms with Crippen molar-refractivity contribution < 1.29 is 8.42 Å². The van der Waals surface area contributed by atoms with Crippen LogP contribution in [-0.2, 0) is 9.84 Å². The number of hydrogen-bond donors (Lipinski definition) is 0. The number of benzene rings is 2. The highest BCUT2D eigenvalue weighted by atomic mass is 32.2. The molecule has 2 unspecified atom stereocenters. The highest BCUT2D eigenvalue weighted by Gasteiger charge is 2.42. The molecular formula is C19H23NO2S. The predicted octanol–water partition coefficient (Wildman–Crippen LogP) is 3.64. The van der Waals surface area contributed by atoms with Gasteiger partial charge < -0.3 is 0 Å². The number of sulfone groups is 1. The Labute approximate surface area is 138 Å². The van der Waals surface area contributed by atoms with Crippen LogP contribution in [0.5, 0.6) is 0 Å². The molecule has 0 N–H and O–H groups in total. The quantitative estimate of drug-likeness (QED) is 0.840. The fourth-order valence-electron chi connectivity index (χ4n) is 3.21. The van der Waals surface area contributed by atoms with Gasteiger partial charge in [0.15, 0.2) is 9.84 Å². The molecule has 1 saturated carbocycles. The average Bonchev–Trinajstić information content (AvgIpc) is 3.34. The molecule has 1 fully saturated rings. The lowest BCUT2D eigenvalue weighted by Gasteiger charge is -2.26. The Hall–Kier alpha value is -1.65. The summed E-state index contributed by atoms with van der Waals surface area (Å²) >= 11 is 0. The second-order valence-electron chi connectivity index (χ2n) is 6.50. The second kappa shape index (κ2) is 6.10. The van der Waals surface area contributed by atoms with Crippen LogP contribution in [0.4, 0.5) is 0 Å². The zero-order chi connectivity index (χ0) is 16.6. The van der Waals surface area contributed by atoms with E-state index in [9.17, 15) is 8.42 Å². The standard InChI is InChI=1S/C19H23NO2S/c1-14(15-9-11-17(12-10-15)23(3,21)22)20(2)19-13-18(19)16-7-5-4-6-8-16/h4-12,14,18-19H,13H2,1-3H3/t14?,18-,19?/m0/s1. The number of likely N-dealkylation sites (N-methyl/N-ethyl adjacent to an activating group) is 1. The van der Waals surface area contributed by atoms with Crippen molar-refractivity contribution >= 4 is 9.84 Å². The lowest BCUT2D eigenvalue weighted by atomic mass is 10.1. The van der Waals surface area contributed by atoms with Crippen LogP contribution >= 0.6 is 0 Å². The van der Waals surface area contributed by atoms with E-state index in [2.05, 4.69) is 49.2 Å². The van der Waals surface area contributed by atoms with E-state index in [1.165, 1.54) is 18.2 Å². The number of rotatable bonds is 5. The van der Waals surface area contributed by atoms with Crippen molar-refractivity contribution in [2.24, 2.45) is 0 Å². The van der Waals surface area contributed by atoms with E-state index in [4.69, 9.17) is 0 Å². The fourth-order valence-corrected chi connectivity index (χ4v) is 3.84. The van der Waals surface area contributed by atoms with Crippen LogP contribution in [0, 0.1) is 0 Å². The van der Waals surface area contributed by atoms with Gasteiger partial charge in [-0.3, -0.25) is 4.90 Å². The molecule has 0 spiro atoms. The Morgan fingerprint density at radius 3 is 2.22 bits per heavy atom. The summed E-state index contributed by atoms with van der Waals surface area (Å²) in [6.45, 7) is 2.18. The molecule has 3 rings (SSSR count). The Morgan fingerprint density at radius 1 is 1.04 bits per heavy atom. The Balaban J connectivity index is 1.70. The highest BCUT2D eigenvalue weighted by Crippen LogP contribution is 2.46. The highest BCUT2D eigenvalue weighted by molar-refractivity contribution is 7.90. The third-order valence-electron chi connectivity index (χ3n) is 4.91. The molecule has 0 saturated heterocycles. The third-order valence-corrected chi connectivity index (χ3v) is 6.04. The Bertz CT molecular complexity index is 769. The van der Waals surface area contributed by atoms with Gasteiger partial charge in [-0.05, 0) is 43.7 Å². The Morgan fingerprint density at radius 2 is 1.65 bits per heavy atom. The van der Waals surface area contributed by atoms with Gasteiger partial charge in [-0.2, -0.15) is 0 Å². The summed E-state index contributed by atoms with van der Waals surface area (Å²) in [5.74, 6) is 0.610. The summed E-state index contributed by atoms with van der Waals surface area (Å²) in [7, 11) is -0.972. The van der Waals surface area contributed by atoms with Crippen LogP contribution in [0.25, 0.3) is 0 Å². The van der Waals surface area contributed by atoms with Gasteiger partial charge >= 0.3 is 0 Å². The van der Waals surface area contributed by atoms with Gasteiger partial charge in [-0.25, -0.2) is 8.42 Å². The molecule has 2 aromatic carbocycles. The van der Waals surface area contributed by atoms with Crippen molar-refractivity contribution in [1.29, 1.82) is 0 Å². The third kappa shape index (κ3) is 3.48. The summed E-state index contributed by atoms with van der Waals surface area (Å²) < 4.78 is 23.1. The molecule has 0 heterocycles. The van der Waals surface area contributed by atoms with Crippen molar-refractivity contribution in [2.75, 3.05) is 13.3 Å². The zero-order valence-electron chi connectivity index (χ0n) is 13.8. The molecule has 122 valence electrons. The van der Waals surface area contributed by atoms with Crippen molar-refractivity contribution in [1.82, 2.24) is 4.90 Å². The molecule has 0 aromatic heterocycles. The van der Waals surface area contributed by atoms with Crippen molar-refractivity contribution in [3.8, 4) is 0 Å². The molecule has 0 bridgehead atoms. The van der Waals surface area contributed by atoms with Crippen LogP contribution in [0.1, 0.15) is 36.4 Å². The first-order valence-corrected chi connectivity index (χ1v) is 9.84. The lowest BCUT2D eigenvalue weighted by molar-refractivity contribution is 0.247. The maximum absolute atomic E-state index is 11.6. The minimum atomic E-state index is -3.13. The minimum Gasteiger partial charge on any atom is -0.296 e. The summed E-state index contributed by atoms with van der Waals surface area (Å²) in [6, 6.07) is 18.7. The molecule has 3 nitrogen and oxygen atoms in total. The van der Waals surface area contributed by atoms with Gasteiger partial charge in [0.25, 0.3) is 0 Å². The van der Waals surface area contributed by atoms with Crippen molar-refractivity contribution in [2.45, 2.75) is 36.2 Å². The van der Waals surface area contributed by atoms with E-state index >= 15 is 0 Å². The van der Waals surface area contributed by atoms with Crippen LogP contribution in [0.2, 0.25) is 0 Å². The van der Waals surface area contributed by atoms with Crippen molar-refractivity contribution in [3.63, 3.8) is 0 Å². The first kappa shape index (κ1) is 16.2. The summed E-state index contributed by atoms with van der Waals surface area (Å²) in [5, 5.41) is 0. The smallest absolute Gasteiger partial charge is 0.175 e. The summed E-state index contributed by atoms with van der Waals surface area (Å²) in [4.78, 5) is 2.78. The molecule has 3 atom stereocenters. The first-order chi connectivity index (χ1) is 10.9. The molecule has 0 aliphatic heterocycles. The molecule has 2 aromatic rings. The van der Waals surface area contributed by atoms with Gasteiger partial charge in [0.2, 0.25) is 0 Å². The summed E-state index contributed by atoms with van der Waals surface area (Å²) in [5.41, 5.74) is 2.56. The molecule has 23 heavy (non-hydrogen) atoms. The molecular weight excluding hydrogens is 306 g/mol. The Kier molecular flexibility index (Phi) is 4.30. The van der Waals surface area contributed by atoms with E-state index in [1.807, 2.05) is 12.1 Å². The monoisotopic (exact) mass is 329 g/mol. The predicted molar refractivity (Wildman–Crippen MR) is 93.3 cm³/mol. The van der Waals surface area contributed by atoms with Gasteiger partial charge in [0.05, 0.1) is 4.90 Å². The molecule has 0 radical (unpaired) electrons. The van der Waals surface area contributed by atoms with E-state index in [0.29, 0.717) is 16.9 Å². The minimum absolute atomic E-state index is 0.266. The first-order valence-electron chi connectivity index (χ1n) is 7.95. The van der Waals surface area contributed by atoms with Crippen molar-refractivity contribution in [3.05, 3.63) is 65.7 Å². The largest absolute Gasteiger partial charge is 0.296 e. The molecule has 1 aliphatic carbocycles. The molecule has 4 heteroatoms. The molecule has 1 aliphatic rings. The van der Waals surface area contributed by atoms with E-state index in [1.54, 1.807) is 12.1 Å². The SMILES string of the molecule is CC(c1ccc(S(C)(=O)=O)cc1)N(C)C1C[C@H]1c1ccccc1. The zero-order valence-corrected chi connectivity index (χ0v) is 14.6. The lowest BCUT2D eigenvalue weighted by Crippen LogP contribution is -2.25. The maximum Gasteiger partial charge on any atom is 0.175 e. The van der Waals surface area contributed by atoms with Crippen LogP contribution in [0.3, 0.4) is 0 Å². The number of hydrogen-bond acceptors (Lipinski definition) is 3. The van der Waals surface area contributed by atoms with E-state index in [0.717, 1.165) is 5.56 Å².